The summed E-state index contributed by atoms with van der Waals surface area (Å²) >= 11 is 0. The maximum absolute atomic E-state index is 10.2. The van der Waals surface area contributed by atoms with E-state index in [9.17, 15) is 4.79 Å². The van der Waals surface area contributed by atoms with Crippen molar-refractivity contribution in [2.75, 3.05) is 0 Å². The van der Waals surface area contributed by atoms with Crippen LogP contribution < -0.4 is 5.32 Å². The third kappa shape index (κ3) is 1.45. The van der Waals surface area contributed by atoms with E-state index in [2.05, 4.69) is 5.32 Å². The number of rotatable bonds is 1. The topological polar surface area (TPSA) is 61.9 Å². The lowest BCUT2D eigenvalue weighted by molar-refractivity contribution is 0.187. The Morgan fingerprint density at radius 2 is 2.27 bits per heavy atom. The molecule has 2 N–H and O–H groups in total. The van der Waals surface area contributed by atoms with Gasteiger partial charge in [-0.1, -0.05) is 0 Å². The molecule has 2 fully saturated rings. The van der Waals surface area contributed by atoms with Crippen LogP contribution in [0.2, 0.25) is 0 Å². The molecule has 0 radical (unpaired) electrons. The van der Waals surface area contributed by atoms with Crippen LogP contribution in [0.5, 0.6) is 0 Å². The van der Waals surface area contributed by atoms with Crippen molar-refractivity contribution in [3.05, 3.63) is 0 Å². The van der Waals surface area contributed by atoms with E-state index >= 15 is 0 Å². The van der Waals surface area contributed by atoms with Crippen LogP contribution in [-0.2, 0) is 4.74 Å². The van der Waals surface area contributed by atoms with Gasteiger partial charge < -0.3 is 15.2 Å². The highest BCUT2D eigenvalue weighted by Gasteiger charge is 2.44. The molecule has 2 rings (SSSR count). The van der Waals surface area contributed by atoms with Crippen molar-refractivity contribution in [3.63, 3.8) is 0 Å². The number of hydrogen-bond acceptors (Lipinski definition) is 2. The van der Waals surface area contributed by atoms with Crippen LogP contribution in [0.15, 0.2) is 0 Å². The van der Waals surface area contributed by atoms with Crippen LogP contribution in [-0.4, -0.2) is 29.4 Å². The van der Waals surface area contributed by atoms with Crippen molar-refractivity contribution >= 4 is 6.09 Å². The third-order valence-electron chi connectivity index (χ3n) is 2.33. The lowest BCUT2D eigenvalue weighted by Gasteiger charge is -2.17. The first kappa shape index (κ1) is 6.91. The van der Waals surface area contributed by atoms with Crippen molar-refractivity contribution in [1.82, 2.24) is 5.32 Å². The summed E-state index contributed by atoms with van der Waals surface area (Å²) in [5, 5.41) is 10.9. The monoisotopic (exact) mass is 157 g/mol. The molecule has 0 bridgehead atoms. The summed E-state index contributed by atoms with van der Waals surface area (Å²) in [5.41, 5.74) is 0. The van der Waals surface area contributed by atoms with E-state index < -0.39 is 6.09 Å². The van der Waals surface area contributed by atoms with Gasteiger partial charge in [0.2, 0.25) is 0 Å². The average molecular weight is 157 g/mol. The van der Waals surface area contributed by atoms with Crippen LogP contribution in [0.4, 0.5) is 4.79 Å². The van der Waals surface area contributed by atoms with E-state index in [0.717, 1.165) is 19.3 Å². The third-order valence-corrected chi connectivity index (χ3v) is 2.33. The number of ether oxygens (including phenoxy) is 1. The fourth-order valence-electron chi connectivity index (χ4n) is 1.71. The normalized spacial score (nSPS) is 40.9. The van der Waals surface area contributed by atoms with Gasteiger partial charge in [0.05, 0.1) is 12.2 Å². The Morgan fingerprint density at radius 1 is 1.45 bits per heavy atom. The predicted octanol–water partition coefficient (Wildman–Crippen LogP) is 0.574. The second-order valence-electron chi connectivity index (χ2n) is 3.17. The van der Waals surface area contributed by atoms with Crippen molar-refractivity contribution < 1.29 is 14.6 Å². The van der Waals surface area contributed by atoms with Crippen molar-refractivity contribution in [3.8, 4) is 0 Å². The molecule has 0 aromatic carbocycles. The van der Waals surface area contributed by atoms with Crippen molar-refractivity contribution in [1.29, 1.82) is 0 Å². The quantitative estimate of drug-likeness (QED) is 0.547. The van der Waals surface area contributed by atoms with Gasteiger partial charge in [-0.25, -0.2) is 4.79 Å². The molecule has 1 heterocycles. The number of nitrogens with one attached hydrogen (secondary N) is 1. The highest BCUT2D eigenvalue weighted by atomic mass is 16.6. The molecule has 4 nitrogen and oxygen atoms in total. The molecule has 2 aliphatic rings. The number of hydrogen-bond donors (Lipinski definition) is 2. The van der Waals surface area contributed by atoms with Gasteiger partial charge in [0.1, 0.15) is 0 Å². The molecule has 11 heavy (non-hydrogen) atoms. The standard InChI is InChI=1S/C7H11NO3/c9-7(10)8-4-1-2-5-6(3-4)11-5/h4-6,8H,1-3H2,(H,9,10)/t4?,5-,6?/m0/s1. The molecule has 0 aromatic heterocycles. The summed E-state index contributed by atoms with van der Waals surface area (Å²) in [7, 11) is 0. The van der Waals surface area contributed by atoms with Crippen molar-refractivity contribution in [2.45, 2.75) is 37.5 Å². The second-order valence-corrected chi connectivity index (χ2v) is 3.17. The lowest BCUT2D eigenvalue weighted by Crippen LogP contribution is -2.37. The molecule has 1 aliphatic heterocycles. The Balaban J connectivity index is 1.81. The van der Waals surface area contributed by atoms with Gasteiger partial charge in [-0.2, -0.15) is 0 Å². The van der Waals surface area contributed by atoms with Gasteiger partial charge in [0.15, 0.2) is 0 Å². The summed E-state index contributed by atoms with van der Waals surface area (Å²) in [5.74, 6) is 0. The summed E-state index contributed by atoms with van der Waals surface area (Å²) < 4.78 is 5.26. The molecule has 1 saturated heterocycles. The molecule has 0 aromatic rings. The molecule has 3 atom stereocenters. The summed E-state index contributed by atoms with van der Waals surface area (Å²) in [6.07, 6.45) is 2.66. The number of carboxylic acid groups (broad SMARTS) is 1. The van der Waals surface area contributed by atoms with E-state index in [4.69, 9.17) is 9.84 Å². The van der Waals surface area contributed by atoms with Crippen LogP contribution >= 0.6 is 0 Å². The van der Waals surface area contributed by atoms with Crippen LogP contribution in [0, 0.1) is 0 Å². The Kier molecular flexibility index (Phi) is 1.49. The van der Waals surface area contributed by atoms with Crippen LogP contribution in [0.25, 0.3) is 0 Å². The summed E-state index contributed by atoms with van der Waals surface area (Å²) in [4.78, 5) is 10.2. The number of epoxide rings is 1. The van der Waals surface area contributed by atoms with Gasteiger partial charge in [-0.05, 0) is 19.3 Å². The maximum atomic E-state index is 10.2. The SMILES string of the molecule is O=C(O)NC1CC[C@@H]2OC2C1. The minimum absolute atomic E-state index is 0.122. The van der Waals surface area contributed by atoms with E-state index in [-0.39, 0.29) is 6.04 Å². The second kappa shape index (κ2) is 2.37. The molecule has 4 heteroatoms. The predicted molar refractivity (Wildman–Crippen MR) is 37.5 cm³/mol. The fraction of sp³-hybridized carbons (Fsp3) is 0.857. The van der Waals surface area contributed by atoms with Gasteiger partial charge in [-0.3, -0.25) is 0 Å². The Bertz CT molecular complexity index is 183. The van der Waals surface area contributed by atoms with E-state index in [1.165, 1.54) is 0 Å². The molecular formula is C7H11NO3. The first-order valence-corrected chi connectivity index (χ1v) is 3.90. The minimum atomic E-state index is -0.922. The zero-order valence-electron chi connectivity index (χ0n) is 6.12. The first-order valence-electron chi connectivity index (χ1n) is 3.90. The zero-order valence-corrected chi connectivity index (χ0v) is 6.12. The molecule has 2 unspecified atom stereocenters. The first-order chi connectivity index (χ1) is 5.25. The smallest absolute Gasteiger partial charge is 0.404 e. The molecule has 0 spiro atoms. The van der Waals surface area contributed by atoms with Gasteiger partial charge in [-0.15, -0.1) is 0 Å². The van der Waals surface area contributed by atoms with Crippen molar-refractivity contribution in [2.24, 2.45) is 0 Å². The highest BCUT2D eigenvalue weighted by molar-refractivity contribution is 5.64. The van der Waals surface area contributed by atoms with Gasteiger partial charge in [0.25, 0.3) is 0 Å². The molecular weight excluding hydrogens is 146 g/mol. The van der Waals surface area contributed by atoms with Crippen LogP contribution in [0.3, 0.4) is 0 Å². The Morgan fingerprint density at radius 3 is 2.91 bits per heavy atom. The molecule has 1 saturated carbocycles. The van der Waals surface area contributed by atoms with Gasteiger partial charge >= 0.3 is 6.09 Å². The van der Waals surface area contributed by atoms with E-state index in [1.54, 1.807) is 0 Å². The van der Waals surface area contributed by atoms with E-state index in [1.807, 2.05) is 0 Å². The number of fused-ring (bicyclic) bond motifs is 1. The van der Waals surface area contributed by atoms with Crippen LogP contribution in [0.1, 0.15) is 19.3 Å². The summed E-state index contributed by atoms with van der Waals surface area (Å²) in [6, 6.07) is 0.122. The summed E-state index contributed by atoms with van der Waals surface area (Å²) in [6.45, 7) is 0. The number of carbonyl (C=O) groups is 1. The minimum Gasteiger partial charge on any atom is -0.465 e. The number of amides is 1. The molecule has 62 valence electrons. The Hall–Kier alpha value is -0.770. The average Bonchev–Trinajstić information content (AvgIpc) is 2.63. The maximum Gasteiger partial charge on any atom is 0.404 e. The highest BCUT2D eigenvalue weighted by Crippen LogP contribution is 2.36. The largest absolute Gasteiger partial charge is 0.465 e. The lowest BCUT2D eigenvalue weighted by atomic mass is 9.96. The fourth-order valence-corrected chi connectivity index (χ4v) is 1.71. The van der Waals surface area contributed by atoms with E-state index in [0.29, 0.717) is 12.2 Å². The Labute approximate surface area is 64.5 Å². The molecule has 1 aliphatic carbocycles. The molecule has 1 amide bonds. The van der Waals surface area contributed by atoms with Gasteiger partial charge in [0, 0.05) is 6.04 Å². The zero-order chi connectivity index (χ0) is 7.84.